The molecule has 0 heterocycles. The number of hydrogen-bond donors (Lipinski definition) is 2. The van der Waals surface area contributed by atoms with E-state index in [9.17, 15) is 4.79 Å². The average molecular weight is 368 g/mol. The van der Waals surface area contributed by atoms with Crippen LogP contribution in [0.3, 0.4) is 0 Å². The molecule has 144 valence electrons. The van der Waals surface area contributed by atoms with Crippen molar-refractivity contribution in [2.45, 2.75) is 38.1 Å². The van der Waals surface area contributed by atoms with Crippen LogP contribution in [0.1, 0.15) is 32.1 Å². The summed E-state index contributed by atoms with van der Waals surface area (Å²) >= 11 is 0. The van der Waals surface area contributed by atoms with Crippen molar-refractivity contribution in [3.8, 4) is 11.5 Å². The lowest BCUT2D eigenvalue weighted by atomic mass is 9.95. The predicted octanol–water partition coefficient (Wildman–Crippen LogP) is 4.01. The fourth-order valence-electron chi connectivity index (χ4n) is 3.22. The van der Waals surface area contributed by atoms with Gasteiger partial charge in [-0.2, -0.15) is 0 Å². The van der Waals surface area contributed by atoms with Crippen LogP contribution in [-0.4, -0.2) is 31.7 Å². The first-order chi connectivity index (χ1) is 13.3. The van der Waals surface area contributed by atoms with Gasteiger partial charge in [0.2, 0.25) is 5.91 Å². The summed E-state index contributed by atoms with van der Waals surface area (Å²) in [6, 6.07) is 17.6. The molecule has 0 aromatic heterocycles. The third-order valence-corrected chi connectivity index (χ3v) is 4.66. The van der Waals surface area contributed by atoms with Crippen LogP contribution >= 0.6 is 0 Å². The second-order valence-corrected chi connectivity index (χ2v) is 6.80. The largest absolute Gasteiger partial charge is 0.490 e. The van der Waals surface area contributed by atoms with Gasteiger partial charge in [0, 0.05) is 11.7 Å². The van der Waals surface area contributed by atoms with E-state index in [-0.39, 0.29) is 5.91 Å². The zero-order valence-corrected chi connectivity index (χ0v) is 15.7. The molecule has 2 aromatic carbocycles. The molecule has 1 fully saturated rings. The van der Waals surface area contributed by atoms with Crippen molar-refractivity contribution in [1.29, 1.82) is 0 Å². The first kappa shape index (κ1) is 19.2. The molecule has 27 heavy (non-hydrogen) atoms. The van der Waals surface area contributed by atoms with E-state index in [1.165, 1.54) is 32.1 Å². The Morgan fingerprint density at radius 2 is 1.48 bits per heavy atom. The second-order valence-electron chi connectivity index (χ2n) is 6.80. The standard InChI is InChI=1S/C22H28N2O3/c25-22(17-23-18-7-3-1-4-8-18)24-19-11-13-21(14-12-19)27-16-15-26-20-9-5-2-6-10-20/h2,5-6,9-14,18,23H,1,3-4,7-8,15-17H2,(H,24,25). The number of carbonyl (C=O) groups excluding carboxylic acids is 1. The number of nitrogens with one attached hydrogen (secondary N) is 2. The van der Waals surface area contributed by atoms with Crippen molar-refractivity contribution in [2.75, 3.05) is 25.1 Å². The molecule has 0 saturated heterocycles. The Morgan fingerprint density at radius 1 is 0.852 bits per heavy atom. The van der Waals surface area contributed by atoms with Gasteiger partial charge < -0.3 is 20.1 Å². The molecule has 0 spiro atoms. The Labute approximate surface area is 161 Å². The Hall–Kier alpha value is -2.53. The highest BCUT2D eigenvalue weighted by Gasteiger charge is 2.13. The minimum Gasteiger partial charge on any atom is -0.490 e. The summed E-state index contributed by atoms with van der Waals surface area (Å²) in [4.78, 5) is 12.1. The molecule has 1 aliphatic carbocycles. The summed E-state index contributed by atoms with van der Waals surface area (Å²) in [6.45, 7) is 1.31. The van der Waals surface area contributed by atoms with Gasteiger partial charge in [-0.05, 0) is 49.2 Å². The van der Waals surface area contributed by atoms with Gasteiger partial charge >= 0.3 is 0 Å². The number of rotatable bonds is 9. The lowest BCUT2D eigenvalue weighted by molar-refractivity contribution is -0.115. The van der Waals surface area contributed by atoms with Crippen molar-refractivity contribution >= 4 is 11.6 Å². The minimum absolute atomic E-state index is 0.00879. The van der Waals surface area contributed by atoms with E-state index in [0.717, 1.165) is 17.2 Å². The molecule has 3 rings (SSSR count). The molecule has 1 saturated carbocycles. The highest BCUT2D eigenvalue weighted by atomic mass is 16.5. The lowest BCUT2D eigenvalue weighted by Gasteiger charge is -2.22. The Morgan fingerprint density at radius 3 is 2.15 bits per heavy atom. The molecule has 0 aliphatic heterocycles. The number of carbonyl (C=O) groups is 1. The normalized spacial score (nSPS) is 14.5. The van der Waals surface area contributed by atoms with Gasteiger partial charge in [0.15, 0.2) is 0 Å². The van der Waals surface area contributed by atoms with E-state index in [1.54, 1.807) is 0 Å². The number of amides is 1. The molecule has 0 atom stereocenters. The van der Waals surface area contributed by atoms with Gasteiger partial charge in [-0.25, -0.2) is 0 Å². The summed E-state index contributed by atoms with van der Waals surface area (Å²) in [5.41, 5.74) is 0.776. The maximum atomic E-state index is 12.1. The molecule has 5 heteroatoms. The fourth-order valence-corrected chi connectivity index (χ4v) is 3.22. The average Bonchev–Trinajstić information content (AvgIpc) is 2.72. The number of para-hydroxylation sites is 1. The summed E-state index contributed by atoms with van der Waals surface area (Å²) in [6.07, 6.45) is 6.19. The topological polar surface area (TPSA) is 59.6 Å². The Kier molecular flexibility index (Phi) is 7.54. The third kappa shape index (κ3) is 6.94. The quantitative estimate of drug-likeness (QED) is 0.657. The van der Waals surface area contributed by atoms with Crippen molar-refractivity contribution in [1.82, 2.24) is 5.32 Å². The maximum absolute atomic E-state index is 12.1. The molecule has 2 aromatic rings. The zero-order valence-electron chi connectivity index (χ0n) is 15.7. The predicted molar refractivity (Wildman–Crippen MR) is 107 cm³/mol. The van der Waals surface area contributed by atoms with Crippen LogP contribution in [0.15, 0.2) is 54.6 Å². The Balaban J connectivity index is 1.33. The summed E-state index contributed by atoms with van der Waals surface area (Å²) in [7, 11) is 0. The highest BCUT2D eigenvalue weighted by molar-refractivity contribution is 5.92. The van der Waals surface area contributed by atoms with Crippen molar-refractivity contribution in [3.63, 3.8) is 0 Å². The number of ether oxygens (including phenoxy) is 2. The molecule has 0 unspecified atom stereocenters. The smallest absolute Gasteiger partial charge is 0.238 e. The first-order valence-corrected chi connectivity index (χ1v) is 9.73. The summed E-state index contributed by atoms with van der Waals surface area (Å²) < 4.78 is 11.3. The van der Waals surface area contributed by atoms with Crippen molar-refractivity contribution in [2.24, 2.45) is 0 Å². The summed E-state index contributed by atoms with van der Waals surface area (Å²) in [5.74, 6) is 1.58. The maximum Gasteiger partial charge on any atom is 0.238 e. The molecule has 1 aliphatic rings. The van der Waals surface area contributed by atoms with E-state index in [1.807, 2.05) is 54.6 Å². The van der Waals surface area contributed by atoms with Crippen LogP contribution in [0.4, 0.5) is 5.69 Å². The zero-order chi connectivity index (χ0) is 18.7. The first-order valence-electron chi connectivity index (χ1n) is 9.73. The van der Waals surface area contributed by atoms with Gasteiger partial charge in [-0.1, -0.05) is 37.5 Å². The van der Waals surface area contributed by atoms with Gasteiger partial charge in [0.25, 0.3) is 0 Å². The van der Waals surface area contributed by atoms with E-state index >= 15 is 0 Å². The molecule has 0 radical (unpaired) electrons. The molecular formula is C22H28N2O3. The van der Waals surface area contributed by atoms with Crippen LogP contribution in [-0.2, 0) is 4.79 Å². The third-order valence-electron chi connectivity index (χ3n) is 4.66. The molecule has 0 bridgehead atoms. The molecule has 5 nitrogen and oxygen atoms in total. The highest BCUT2D eigenvalue weighted by Crippen LogP contribution is 2.18. The van der Waals surface area contributed by atoms with Gasteiger partial charge in [0.1, 0.15) is 24.7 Å². The van der Waals surface area contributed by atoms with Gasteiger partial charge in [0.05, 0.1) is 6.54 Å². The van der Waals surface area contributed by atoms with E-state index < -0.39 is 0 Å². The number of hydrogen-bond acceptors (Lipinski definition) is 4. The van der Waals surface area contributed by atoms with Crippen LogP contribution in [0.5, 0.6) is 11.5 Å². The van der Waals surface area contributed by atoms with E-state index in [0.29, 0.717) is 25.8 Å². The van der Waals surface area contributed by atoms with Crippen LogP contribution < -0.4 is 20.1 Å². The van der Waals surface area contributed by atoms with Crippen LogP contribution in [0.2, 0.25) is 0 Å². The minimum atomic E-state index is -0.00879. The van der Waals surface area contributed by atoms with E-state index in [2.05, 4.69) is 10.6 Å². The second kappa shape index (κ2) is 10.6. The van der Waals surface area contributed by atoms with E-state index in [4.69, 9.17) is 9.47 Å². The van der Waals surface area contributed by atoms with Crippen molar-refractivity contribution < 1.29 is 14.3 Å². The Bertz CT molecular complexity index is 682. The van der Waals surface area contributed by atoms with Crippen LogP contribution in [0.25, 0.3) is 0 Å². The molecule has 1 amide bonds. The summed E-state index contributed by atoms with van der Waals surface area (Å²) in [5, 5.41) is 6.27. The SMILES string of the molecule is O=C(CNC1CCCCC1)Nc1ccc(OCCOc2ccccc2)cc1. The monoisotopic (exact) mass is 368 g/mol. The number of benzene rings is 2. The molecule has 2 N–H and O–H groups in total. The van der Waals surface area contributed by atoms with Gasteiger partial charge in [-0.3, -0.25) is 4.79 Å². The van der Waals surface area contributed by atoms with Crippen LogP contribution in [0, 0.1) is 0 Å². The molecular weight excluding hydrogens is 340 g/mol. The van der Waals surface area contributed by atoms with Gasteiger partial charge in [-0.15, -0.1) is 0 Å². The number of anilines is 1. The lowest BCUT2D eigenvalue weighted by Crippen LogP contribution is -2.37. The fraction of sp³-hybridized carbons (Fsp3) is 0.409. The van der Waals surface area contributed by atoms with Crippen molar-refractivity contribution in [3.05, 3.63) is 54.6 Å².